The van der Waals surface area contributed by atoms with Crippen molar-refractivity contribution in [2.24, 2.45) is 0 Å². The molecule has 23 heavy (non-hydrogen) atoms. The summed E-state index contributed by atoms with van der Waals surface area (Å²) in [5.74, 6) is 0. The largest absolute Gasteiger partial charge is 0.508 e. The van der Waals surface area contributed by atoms with Crippen LogP contribution in [0.15, 0.2) is 0 Å². The molecule has 1 aliphatic heterocycles. The van der Waals surface area contributed by atoms with Crippen molar-refractivity contribution >= 4 is 12.3 Å². The molecule has 6 nitrogen and oxygen atoms in total. The third-order valence-electron chi connectivity index (χ3n) is 3.71. The molecule has 134 valence electrons. The molecular weight excluding hydrogens is 300 g/mol. The average molecular weight is 330 g/mol. The van der Waals surface area contributed by atoms with E-state index in [9.17, 15) is 9.59 Å². The van der Waals surface area contributed by atoms with Gasteiger partial charge in [-0.15, -0.1) is 0 Å². The Hall–Kier alpha value is -1.46. The van der Waals surface area contributed by atoms with Gasteiger partial charge in [-0.1, -0.05) is 32.1 Å². The zero-order chi connectivity index (χ0) is 16.6. The van der Waals surface area contributed by atoms with Crippen LogP contribution in [0.25, 0.3) is 0 Å². The van der Waals surface area contributed by atoms with Gasteiger partial charge >= 0.3 is 12.3 Å². The summed E-state index contributed by atoms with van der Waals surface area (Å²) in [6.07, 6.45) is 9.55. The molecule has 0 atom stereocenters. The van der Waals surface area contributed by atoms with Gasteiger partial charge in [0.05, 0.1) is 26.4 Å². The molecule has 0 N–H and O–H groups in total. The molecule has 1 rings (SSSR count). The number of rotatable bonds is 0. The summed E-state index contributed by atoms with van der Waals surface area (Å²) in [6, 6.07) is 0. The maximum Gasteiger partial charge on any atom is 0.508 e. The topological polar surface area (TPSA) is 71.1 Å². The Balaban J connectivity index is 2.17. The highest BCUT2D eigenvalue weighted by molar-refractivity contribution is 5.60. The number of carbonyl (C=O) groups is 2. The molecule has 1 heterocycles. The third kappa shape index (κ3) is 12.7. The summed E-state index contributed by atoms with van der Waals surface area (Å²) < 4.78 is 20.0. The molecule has 0 bridgehead atoms. The summed E-state index contributed by atoms with van der Waals surface area (Å²) in [6.45, 7) is 1.63. The van der Waals surface area contributed by atoms with Gasteiger partial charge in [0, 0.05) is 0 Å². The lowest BCUT2D eigenvalue weighted by Crippen LogP contribution is -2.10. The van der Waals surface area contributed by atoms with Crippen LogP contribution in [0.4, 0.5) is 9.59 Å². The lowest BCUT2D eigenvalue weighted by Gasteiger charge is -2.06. The minimum atomic E-state index is -0.568. The smallest absolute Gasteiger partial charge is 0.434 e. The first-order valence-corrected chi connectivity index (χ1v) is 8.88. The Labute approximate surface area is 138 Å². The Bertz CT molecular complexity index is 288. The first kappa shape index (κ1) is 19.6. The number of hydrogen-bond acceptors (Lipinski definition) is 6. The molecule has 0 spiro atoms. The van der Waals surface area contributed by atoms with Gasteiger partial charge in [-0.2, -0.15) is 0 Å². The van der Waals surface area contributed by atoms with Crippen molar-refractivity contribution < 1.29 is 28.5 Å². The molecule has 1 fully saturated rings. The normalized spacial score (nSPS) is 21.7. The third-order valence-corrected chi connectivity index (χ3v) is 3.71. The Morgan fingerprint density at radius 1 is 0.391 bits per heavy atom. The van der Waals surface area contributed by atoms with Crippen LogP contribution < -0.4 is 0 Å². The molecule has 0 unspecified atom stereocenters. The van der Waals surface area contributed by atoms with Gasteiger partial charge in [0.15, 0.2) is 0 Å². The van der Waals surface area contributed by atoms with Crippen LogP contribution >= 0.6 is 0 Å². The van der Waals surface area contributed by atoms with Gasteiger partial charge in [-0.05, 0) is 38.5 Å². The number of ether oxygens (including phenoxy) is 4. The van der Waals surface area contributed by atoms with Crippen molar-refractivity contribution in [1.82, 2.24) is 0 Å². The van der Waals surface area contributed by atoms with E-state index >= 15 is 0 Å². The summed E-state index contributed by atoms with van der Waals surface area (Å²) >= 11 is 0. The lowest BCUT2D eigenvalue weighted by molar-refractivity contribution is 0.0498. The molecule has 1 aliphatic rings. The van der Waals surface area contributed by atoms with Crippen molar-refractivity contribution in [1.29, 1.82) is 0 Å². The molecule has 0 aromatic carbocycles. The Morgan fingerprint density at radius 3 is 0.870 bits per heavy atom. The predicted molar refractivity (Wildman–Crippen MR) is 85.4 cm³/mol. The summed E-state index contributed by atoms with van der Waals surface area (Å²) in [4.78, 5) is 22.6. The van der Waals surface area contributed by atoms with Crippen molar-refractivity contribution in [2.75, 3.05) is 26.4 Å². The quantitative estimate of drug-likeness (QED) is 0.605. The van der Waals surface area contributed by atoms with Crippen LogP contribution in [0, 0.1) is 0 Å². The maximum absolute atomic E-state index is 11.3. The molecule has 0 saturated carbocycles. The van der Waals surface area contributed by atoms with E-state index in [1.54, 1.807) is 0 Å². The van der Waals surface area contributed by atoms with Gasteiger partial charge in [-0.25, -0.2) is 9.59 Å². The van der Waals surface area contributed by atoms with Crippen LogP contribution in [-0.4, -0.2) is 38.7 Å². The van der Waals surface area contributed by atoms with E-state index in [-0.39, 0.29) is 0 Å². The zero-order valence-electron chi connectivity index (χ0n) is 14.1. The van der Waals surface area contributed by atoms with Crippen molar-refractivity contribution in [3.63, 3.8) is 0 Å². The van der Waals surface area contributed by atoms with Crippen molar-refractivity contribution in [3.8, 4) is 0 Å². The SMILES string of the molecule is O=C1OCCCCCCCCCOC(=O)OCCCCCCO1. The molecule has 0 aliphatic carbocycles. The van der Waals surface area contributed by atoms with Crippen LogP contribution in [0.1, 0.15) is 70.6 Å². The van der Waals surface area contributed by atoms with Crippen LogP contribution in [-0.2, 0) is 18.9 Å². The van der Waals surface area contributed by atoms with Crippen LogP contribution in [0.5, 0.6) is 0 Å². The van der Waals surface area contributed by atoms with Gasteiger partial charge in [0.25, 0.3) is 0 Å². The van der Waals surface area contributed by atoms with E-state index in [1.807, 2.05) is 0 Å². The predicted octanol–water partition coefficient (Wildman–Crippen LogP) is 4.60. The van der Waals surface area contributed by atoms with E-state index < -0.39 is 12.3 Å². The fourth-order valence-electron chi connectivity index (χ4n) is 2.35. The van der Waals surface area contributed by atoms with Gasteiger partial charge in [0.1, 0.15) is 0 Å². The highest BCUT2D eigenvalue weighted by Gasteiger charge is 2.05. The summed E-state index contributed by atoms with van der Waals surface area (Å²) in [7, 11) is 0. The Morgan fingerprint density at radius 2 is 0.609 bits per heavy atom. The average Bonchev–Trinajstić information content (AvgIpc) is 2.54. The number of hydrogen-bond donors (Lipinski definition) is 0. The van der Waals surface area contributed by atoms with Crippen molar-refractivity contribution in [2.45, 2.75) is 70.6 Å². The highest BCUT2D eigenvalue weighted by atomic mass is 16.7. The molecule has 1 saturated heterocycles. The fraction of sp³-hybridized carbons (Fsp3) is 0.882. The van der Waals surface area contributed by atoms with E-state index in [0.717, 1.165) is 70.6 Å². The molecule has 0 radical (unpaired) electrons. The van der Waals surface area contributed by atoms with Gasteiger partial charge in [-0.3, -0.25) is 0 Å². The van der Waals surface area contributed by atoms with Gasteiger partial charge in [0.2, 0.25) is 0 Å². The minimum Gasteiger partial charge on any atom is -0.434 e. The number of carbonyl (C=O) groups excluding carboxylic acids is 2. The highest BCUT2D eigenvalue weighted by Crippen LogP contribution is 2.08. The van der Waals surface area contributed by atoms with E-state index in [1.165, 1.54) is 0 Å². The number of cyclic esters (lactones) is 4. The zero-order valence-corrected chi connectivity index (χ0v) is 14.1. The maximum atomic E-state index is 11.3. The minimum absolute atomic E-state index is 0.377. The molecule has 0 aromatic rings. The van der Waals surface area contributed by atoms with E-state index in [4.69, 9.17) is 18.9 Å². The van der Waals surface area contributed by atoms with E-state index in [0.29, 0.717) is 26.4 Å². The second-order valence-corrected chi connectivity index (χ2v) is 5.78. The summed E-state index contributed by atoms with van der Waals surface area (Å²) in [5.41, 5.74) is 0. The molecular formula is C17H30O6. The first-order valence-electron chi connectivity index (χ1n) is 8.88. The van der Waals surface area contributed by atoms with E-state index in [2.05, 4.69) is 0 Å². The fourth-order valence-corrected chi connectivity index (χ4v) is 2.35. The molecule has 0 aromatic heterocycles. The first-order chi connectivity index (χ1) is 11.3. The van der Waals surface area contributed by atoms with Gasteiger partial charge < -0.3 is 18.9 Å². The standard InChI is InChI=1S/C17H30O6/c18-16-20-12-8-4-2-1-3-5-9-13-21-17(19)23-15-11-7-6-10-14-22-16/h1-15H2. The molecule has 0 amide bonds. The van der Waals surface area contributed by atoms with Crippen molar-refractivity contribution in [3.05, 3.63) is 0 Å². The Kier molecular flexibility index (Phi) is 12.1. The monoisotopic (exact) mass is 330 g/mol. The lowest BCUT2D eigenvalue weighted by atomic mass is 10.1. The summed E-state index contributed by atoms with van der Waals surface area (Å²) in [5, 5.41) is 0. The van der Waals surface area contributed by atoms with Crippen LogP contribution in [0.3, 0.4) is 0 Å². The van der Waals surface area contributed by atoms with Crippen LogP contribution in [0.2, 0.25) is 0 Å². The second-order valence-electron chi connectivity index (χ2n) is 5.78. The molecule has 6 heteroatoms. The second kappa shape index (κ2) is 14.2.